The summed E-state index contributed by atoms with van der Waals surface area (Å²) in [6, 6.07) is 18.0. The van der Waals surface area contributed by atoms with Gasteiger partial charge in [0.15, 0.2) is 5.65 Å². The summed E-state index contributed by atoms with van der Waals surface area (Å²) in [5.41, 5.74) is 6.98. The van der Waals surface area contributed by atoms with E-state index in [9.17, 15) is 0 Å². The third-order valence-corrected chi connectivity index (χ3v) is 5.44. The second-order valence-electron chi connectivity index (χ2n) is 7.59. The van der Waals surface area contributed by atoms with Crippen LogP contribution in [0, 0.1) is 6.92 Å². The number of aryl methyl sites for hydroxylation is 1. The topological polar surface area (TPSA) is 87.2 Å². The second kappa shape index (κ2) is 7.76. The van der Waals surface area contributed by atoms with Gasteiger partial charge in [-0.15, -0.1) is 0 Å². The molecule has 1 aromatic carbocycles. The predicted molar refractivity (Wildman–Crippen MR) is 125 cm³/mol. The Morgan fingerprint density at radius 3 is 2.39 bits per heavy atom. The highest BCUT2D eigenvalue weighted by molar-refractivity contribution is 5.73. The molecule has 0 fully saturated rings. The number of fused-ring (bicyclic) bond motifs is 1. The van der Waals surface area contributed by atoms with Crippen molar-refractivity contribution >= 4 is 11.2 Å². The Bertz CT molecular complexity index is 1550. The molecule has 6 rings (SSSR count). The number of rotatable bonds is 4. The number of benzene rings is 1. The van der Waals surface area contributed by atoms with Crippen LogP contribution in [0.1, 0.15) is 5.69 Å². The van der Waals surface area contributed by atoms with Crippen LogP contribution in [0.4, 0.5) is 0 Å². The molecule has 0 N–H and O–H groups in total. The molecule has 0 amide bonds. The van der Waals surface area contributed by atoms with Gasteiger partial charge >= 0.3 is 0 Å². The summed E-state index contributed by atoms with van der Waals surface area (Å²) in [5, 5.41) is 0. The SMILES string of the molecule is Cc1ccc(-n2cc(-c3ccccn3)nc2-c2ccc(-n3cnc4ncncc43)cc2)cn1. The Labute approximate surface area is 189 Å². The lowest BCUT2D eigenvalue weighted by atomic mass is 10.2. The van der Waals surface area contributed by atoms with Crippen LogP contribution in [0.3, 0.4) is 0 Å². The van der Waals surface area contributed by atoms with Gasteiger partial charge in [-0.2, -0.15) is 0 Å². The van der Waals surface area contributed by atoms with E-state index in [1.165, 1.54) is 6.33 Å². The predicted octanol–water partition coefficient (Wildman–Crippen LogP) is 4.43. The fourth-order valence-electron chi connectivity index (χ4n) is 3.76. The van der Waals surface area contributed by atoms with Gasteiger partial charge in [-0.05, 0) is 55.5 Å². The first-order chi connectivity index (χ1) is 16.3. The highest BCUT2D eigenvalue weighted by Crippen LogP contribution is 2.28. The zero-order chi connectivity index (χ0) is 22.2. The fraction of sp³-hybridized carbons (Fsp3) is 0.0400. The molecule has 0 aliphatic rings. The Morgan fingerprint density at radius 1 is 0.727 bits per heavy atom. The lowest BCUT2D eigenvalue weighted by molar-refractivity contribution is 1.03. The quantitative estimate of drug-likeness (QED) is 0.411. The van der Waals surface area contributed by atoms with Crippen molar-refractivity contribution in [3.63, 3.8) is 0 Å². The largest absolute Gasteiger partial charge is 0.298 e. The molecular weight excluding hydrogens is 412 g/mol. The standard InChI is InChI=1S/C25H18N8/c1-17-5-8-20(12-28-17)32-14-22(21-4-2-3-11-27-21)31-25(32)18-6-9-19(10-7-18)33-16-30-24-23(33)13-26-15-29-24/h2-16H,1H3. The highest BCUT2D eigenvalue weighted by Gasteiger charge is 2.15. The molecule has 0 saturated heterocycles. The molecule has 6 aromatic rings. The van der Waals surface area contributed by atoms with E-state index in [2.05, 4.69) is 24.9 Å². The lowest BCUT2D eigenvalue weighted by Crippen LogP contribution is -1.98. The molecule has 0 spiro atoms. The Kier molecular flexibility index (Phi) is 4.47. The average Bonchev–Trinajstić information content (AvgIpc) is 3.50. The summed E-state index contributed by atoms with van der Waals surface area (Å²) >= 11 is 0. The summed E-state index contributed by atoms with van der Waals surface area (Å²) in [6.07, 6.45) is 10.6. The smallest absolute Gasteiger partial charge is 0.181 e. The first kappa shape index (κ1) is 19.0. The average molecular weight is 430 g/mol. The van der Waals surface area contributed by atoms with Gasteiger partial charge in [0.1, 0.15) is 29.7 Å². The summed E-state index contributed by atoms with van der Waals surface area (Å²) in [7, 11) is 0. The van der Waals surface area contributed by atoms with Crippen LogP contribution in [0.15, 0.2) is 92.0 Å². The molecule has 5 heterocycles. The summed E-state index contributed by atoms with van der Waals surface area (Å²) in [4.78, 5) is 26.5. The van der Waals surface area contributed by atoms with Gasteiger partial charge in [0.2, 0.25) is 0 Å². The number of imidazole rings is 2. The van der Waals surface area contributed by atoms with E-state index in [1.54, 1.807) is 18.7 Å². The van der Waals surface area contributed by atoms with E-state index >= 15 is 0 Å². The number of hydrogen-bond donors (Lipinski definition) is 0. The molecule has 5 aromatic heterocycles. The molecular formula is C25H18N8. The van der Waals surface area contributed by atoms with Crippen LogP contribution in [0.2, 0.25) is 0 Å². The van der Waals surface area contributed by atoms with E-state index in [1.807, 2.05) is 83.0 Å². The van der Waals surface area contributed by atoms with Crippen molar-refractivity contribution in [1.82, 2.24) is 39.0 Å². The van der Waals surface area contributed by atoms with Gasteiger partial charge in [0.05, 0.1) is 23.8 Å². The zero-order valence-electron chi connectivity index (χ0n) is 17.7. The van der Waals surface area contributed by atoms with Gasteiger partial charge < -0.3 is 0 Å². The van der Waals surface area contributed by atoms with Gasteiger partial charge in [0.25, 0.3) is 0 Å². The number of pyridine rings is 2. The maximum atomic E-state index is 4.93. The van der Waals surface area contributed by atoms with Crippen molar-refractivity contribution in [2.24, 2.45) is 0 Å². The number of nitrogens with zero attached hydrogens (tertiary/aromatic N) is 8. The maximum Gasteiger partial charge on any atom is 0.181 e. The normalized spacial score (nSPS) is 11.2. The first-order valence-corrected chi connectivity index (χ1v) is 10.4. The van der Waals surface area contributed by atoms with E-state index in [-0.39, 0.29) is 0 Å². The van der Waals surface area contributed by atoms with E-state index < -0.39 is 0 Å². The van der Waals surface area contributed by atoms with Crippen molar-refractivity contribution in [2.75, 3.05) is 0 Å². The molecule has 0 unspecified atom stereocenters. The van der Waals surface area contributed by atoms with Gasteiger partial charge in [-0.25, -0.2) is 19.9 Å². The monoisotopic (exact) mass is 430 g/mol. The highest BCUT2D eigenvalue weighted by atomic mass is 15.1. The van der Waals surface area contributed by atoms with Crippen LogP contribution in [0.5, 0.6) is 0 Å². The van der Waals surface area contributed by atoms with E-state index in [0.717, 1.165) is 45.4 Å². The molecule has 0 aliphatic carbocycles. The van der Waals surface area contributed by atoms with E-state index in [4.69, 9.17) is 4.98 Å². The van der Waals surface area contributed by atoms with Crippen LogP contribution < -0.4 is 0 Å². The van der Waals surface area contributed by atoms with Crippen molar-refractivity contribution in [2.45, 2.75) is 6.92 Å². The van der Waals surface area contributed by atoms with Crippen LogP contribution >= 0.6 is 0 Å². The van der Waals surface area contributed by atoms with Crippen LogP contribution in [-0.2, 0) is 0 Å². The summed E-state index contributed by atoms with van der Waals surface area (Å²) < 4.78 is 4.01. The minimum absolute atomic E-state index is 0.663. The minimum Gasteiger partial charge on any atom is -0.298 e. The van der Waals surface area contributed by atoms with Gasteiger partial charge in [-0.3, -0.25) is 19.1 Å². The molecule has 0 bridgehead atoms. The molecule has 0 atom stereocenters. The van der Waals surface area contributed by atoms with Crippen LogP contribution in [-0.4, -0.2) is 39.0 Å². The first-order valence-electron chi connectivity index (χ1n) is 10.4. The second-order valence-corrected chi connectivity index (χ2v) is 7.59. The number of hydrogen-bond acceptors (Lipinski definition) is 6. The summed E-state index contributed by atoms with van der Waals surface area (Å²) in [6.45, 7) is 1.97. The minimum atomic E-state index is 0.663. The van der Waals surface area contributed by atoms with Crippen molar-refractivity contribution in [3.8, 4) is 34.2 Å². The molecule has 0 radical (unpaired) electrons. The van der Waals surface area contributed by atoms with Crippen molar-refractivity contribution in [3.05, 3.63) is 97.7 Å². The number of aromatic nitrogens is 8. The van der Waals surface area contributed by atoms with Gasteiger partial charge in [0, 0.05) is 29.3 Å². The van der Waals surface area contributed by atoms with Crippen molar-refractivity contribution in [1.29, 1.82) is 0 Å². The molecule has 158 valence electrons. The maximum absolute atomic E-state index is 4.93. The Hall–Kier alpha value is -4.72. The fourth-order valence-corrected chi connectivity index (χ4v) is 3.76. The molecule has 0 aliphatic heterocycles. The zero-order valence-corrected chi connectivity index (χ0v) is 17.7. The third-order valence-electron chi connectivity index (χ3n) is 5.44. The van der Waals surface area contributed by atoms with Gasteiger partial charge in [-0.1, -0.05) is 6.07 Å². The third kappa shape index (κ3) is 3.43. The molecule has 8 nitrogen and oxygen atoms in total. The molecule has 33 heavy (non-hydrogen) atoms. The van der Waals surface area contributed by atoms with E-state index in [0.29, 0.717) is 5.65 Å². The Morgan fingerprint density at radius 2 is 1.61 bits per heavy atom. The van der Waals surface area contributed by atoms with Crippen molar-refractivity contribution < 1.29 is 0 Å². The van der Waals surface area contributed by atoms with Crippen LogP contribution in [0.25, 0.3) is 45.3 Å². The summed E-state index contributed by atoms with van der Waals surface area (Å²) in [5.74, 6) is 0.812. The molecule has 0 saturated carbocycles. The Balaban J connectivity index is 1.45. The lowest BCUT2D eigenvalue weighted by Gasteiger charge is -2.09. The molecule has 8 heteroatoms.